The summed E-state index contributed by atoms with van der Waals surface area (Å²) in [7, 11) is 3.09. The van der Waals surface area contributed by atoms with Crippen LogP contribution < -0.4 is 21.3 Å². The lowest BCUT2D eigenvalue weighted by atomic mass is 9.96. The molecule has 0 radical (unpaired) electrons. The number of methoxy groups -OCH3 is 1. The minimum Gasteiger partial charge on any atom is -0.495 e. The Morgan fingerprint density at radius 2 is 1.88 bits per heavy atom. The summed E-state index contributed by atoms with van der Waals surface area (Å²) >= 11 is 6.27. The lowest BCUT2D eigenvalue weighted by Gasteiger charge is -2.24. The van der Waals surface area contributed by atoms with Crippen LogP contribution in [0.4, 0.5) is 11.4 Å². The number of nitrogen functional groups attached to an aromatic ring is 1. The molecule has 10 heteroatoms. The Bertz CT molecular complexity index is 1510. The van der Waals surface area contributed by atoms with Crippen molar-refractivity contribution in [3.63, 3.8) is 0 Å². The summed E-state index contributed by atoms with van der Waals surface area (Å²) in [6, 6.07) is 10.4. The van der Waals surface area contributed by atoms with Gasteiger partial charge in [-0.1, -0.05) is 18.5 Å². The highest BCUT2D eigenvalue weighted by Crippen LogP contribution is 2.34. The van der Waals surface area contributed by atoms with Crippen molar-refractivity contribution in [2.24, 2.45) is 4.99 Å². The number of hydrogen-bond acceptors (Lipinski definition) is 7. The summed E-state index contributed by atoms with van der Waals surface area (Å²) in [6.07, 6.45) is 3.57. The minimum absolute atomic E-state index is 0.101. The predicted molar refractivity (Wildman–Crippen MR) is 165 cm³/mol. The molecule has 0 aliphatic heterocycles. The summed E-state index contributed by atoms with van der Waals surface area (Å²) in [5.41, 5.74) is 8.10. The van der Waals surface area contributed by atoms with E-state index in [1.165, 1.54) is 23.9 Å². The number of carbonyl (C=O) groups excluding carboxylic acids is 2. The van der Waals surface area contributed by atoms with Crippen molar-refractivity contribution in [1.29, 1.82) is 0 Å². The third-order valence-corrected chi connectivity index (χ3v) is 6.58. The molecule has 0 aliphatic carbocycles. The van der Waals surface area contributed by atoms with Gasteiger partial charge in [0.2, 0.25) is 5.91 Å². The Morgan fingerprint density at radius 3 is 2.51 bits per heavy atom. The van der Waals surface area contributed by atoms with Crippen molar-refractivity contribution >= 4 is 40.9 Å². The fourth-order valence-corrected chi connectivity index (χ4v) is 4.49. The first kappa shape index (κ1) is 31.6. The van der Waals surface area contributed by atoms with Crippen molar-refractivity contribution in [2.45, 2.75) is 52.2 Å². The van der Waals surface area contributed by atoms with Gasteiger partial charge in [-0.25, -0.2) is 0 Å². The van der Waals surface area contributed by atoms with Crippen molar-refractivity contribution in [2.75, 3.05) is 31.8 Å². The number of Topliss-reactive ketones (excluding diaryl/α,β-unsaturated/α-hetero) is 1. The molecule has 0 saturated heterocycles. The maximum Gasteiger partial charge on any atom is 0.252 e. The van der Waals surface area contributed by atoms with Crippen LogP contribution >= 0.6 is 11.6 Å². The van der Waals surface area contributed by atoms with E-state index in [0.717, 1.165) is 0 Å². The Kier molecular flexibility index (Phi) is 10.5. The summed E-state index contributed by atoms with van der Waals surface area (Å²) in [5, 5.41) is 3.30. The third kappa shape index (κ3) is 8.05. The Morgan fingerprint density at radius 1 is 1.15 bits per heavy atom. The van der Waals surface area contributed by atoms with E-state index in [0.29, 0.717) is 44.4 Å². The fraction of sp³-hybridized carbons (Fsp3) is 0.355. The lowest BCUT2D eigenvalue weighted by molar-refractivity contribution is -0.120. The maximum atomic E-state index is 13.7. The van der Waals surface area contributed by atoms with Crippen LogP contribution in [0.15, 0.2) is 58.4 Å². The minimum atomic E-state index is -0.940. The molecule has 0 aliphatic rings. The molecule has 1 heterocycles. The van der Waals surface area contributed by atoms with E-state index in [2.05, 4.69) is 10.3 Å². The molecule has 1 atom stereocenters. The number of nitrogens with two attached hydrogens (primary N) is 1. The molecule has 0 fully saturated rings. The summed E-state index contributed by atoms with van der Waals surface area (Å²) in [4.78, 5) is 43.9. The zero-order valence-corrected chi connectivity index (χ0v) is 25.0. The maximum absolute atomic E-state index is 13.7. The number of aliphatic imine (C=N–C) groups is 1. The Balaban J connectivity index is 2.09. The van der Waals surface area contributed by atoms with Crippen molar-refractivity contribution in [3.05, 3.63) is 75.2 Å². The lowest BCUT2D eigenvalue weighted by Crippen LogP contribution is -2.34. The summed E-state index contributed by atoms with van der Waals surface area (Å²) in [5.74, 6) is -0.218. The van der Waals surface area contributed by atoms with E-state index < -0.39 is 23.1 Å². The first-order valence-electron chi connectivity index (χ1n) is 13.3. The number of ether oxygens (including phenoxy) is 2. The van der Waals surface area contributed by atoms with Crippen molar-refractivity contribution in [3.8, 4) is 16.9 Å². The zero-order valence-electron chi connectivity index (χ0n) is 24.3. The van der Waals surface area contributed by atoms with Gasteiger partial charge in [0.25, 0.3) is 5.56 Å². The topological polar surface area (TPSA) is 125 Å². The number of hydrogen-bond donors (Lipinski definition) is 2. The molecule has 2 aromatic carbocycles. The molecule has 41 heavy (non-hydrogen) atoms. The largest absolute Gasteiger partial charge is 0.495 e. The standard InChI is InChI=1S/C31H37ClN4O5/c1-7-27(37)22-10-8-20(32)15-23(22)24-16-29(38)36(18-28(24)40-6)26(12-13-41-31(2,3)4)30(39)35-21-9-11-25(33)19(14-21)17-34-5/h8-11,14-18,26H,7,12-13,33H2,1-6H3,(H,35,39). The monoisotopic (exact) mass is 580 g/mol. The van der Waals surface area contributed by atoms with Gasteiger partial charge in [-0.15, -0.1) is 0 Å². The second-order valence-corrected chi connectivity index (χ2v) is 10.9. The van der Waals surface area contributed by atoms with Crippen molar-refractivity contribution in [1.82, 2.24) is 4.57 Å². The highest BCUT2D eigenvalue weighted by molar-refractivity contribution is 6.31. The number of aromatic nitrogens is 1. The number of carbonyl (C=O) groups is 2. The smallest absolute Gasteiger partial charge is 0.252 e. The number of rotatable bonds is 11. The molecule has 0 bridgehead atoms. The molecule has 1 amide bonds. The fourth-order valence-electron chi connectivity index (χ4n) is 4.32. The van der Waals surface area contributed by atoms with E-state index in [1.54, 1.807) is 56.6 Å². The molecule has 0 saturated carbocycles. The van der Waals surface area contributed by atoms with Gasteiger partial charge < -0.3 is 20.5 Å². The molecule has 3 N–H and O–H groups in total. The van der Waals surface area contributed by atoms with Gasteiger partial charge in [-0.05, 0) is 62.7 Å². The average Bonchev–Trinajstić information content (AvgIpc) is 2.92. The Hall–Kier alpha value is -3.95. The summed E-state index contributed by atoms with van der Waals surface area (Å²) in [6.45, 7) is 7.72. The average molecular weight is 581 g/mol. The van der Waals surface area contributed by atoms with E-state index >= 15 is 0 Å². The Labute approximate surface area is 245 Å². The second kappa shape index (κ2) is 13.6. The number of amides is 1. The van der Waals surface area contributed by atoms with Gasteiger partial charge in [0.15, 0.2) is 5.78 Å². The van der Waals surface area contributed by atoms with Gasteiger partial charge in [-0.3, -0.25) is 23.9 Å². The molecular formula is C31H37ClN4O5. The molecule has 3 aromatic rings. The predicted octanol–water partition coefficient (Wildman–Crippen LogP) is 5.79. The molecule has 1 aromatic heterocycles. The number of ketones is 1. The quantitative estimate of drug-likeness (QED) is 0.168. The molecule has 1 unspecified atom stereocenters. The highest BCUT2D eigenvalue weighted by atomic mass is 35.5. The first-order valence-corrected chi connectivity index (χ1v) is 13.7. The van der Waals surface area contributed by atoms with E-state index in [9.17, 15) is 14.4 Å². The number of nitrogens with zero attached hydrogens (tertiary/aromatic N) is 2. The third-order valence-electron chi connectivity index (χ3n) is 6.34. The van der Waals surface area contributed by atoms with Crippen LogP contribution in [0.25, 0.3) is 11.1 Å². The molecule has 0 spiro atoms. The summed E-state index contributed by atoms with van der Waals surface area (Å²) < 4.78 is 12.9. The van der Waals surface area contributed by atoms with E-state index in [4.69, 9.17) is 26.8 Å². The van der Waals surface area contributed by atoms with Gasteiger partial charge >= 0.3 is 0 Å². The van der Waals surface area contributed by atoms with Gasteiger partial charge in [0, 0.05) is 71.9 Å². The van der Waals surface area contributed by atoms with Crippen LogP contribution in [0.2, 0.25) is 5.02 Å². The van der Waals surface area contributed by atoms with Crippen LogP contribution in [0, 0.1) is 0 Å². The van der Waals surface area contributed by atoms with Gasteiger partial charge in [0.05, 0.1) is 18.9 Å². The molecule has 218 valence electrons. The zero-order chi connectivity index (χ0) is 30.3. The van der Waals surface area contributed by atoms with Crippen molar-refractivity contribution < 1.29 is 19.1 Å². The molecule has 3 rings (SSSR count). The van der Waals surface area contributed by atoms with Gasteiger partial charge in [0.1, 0.15) is 11.8 Å². The van der Waals surface area contributed by atoms with Crippen LogP contribution in [0.3, 0.4) is 0 Å². The normalized spacial score (nSPS) is 12.4. The second-order valence-electron chi connectivity index (χ2n) is 10.5. The van der Waals surface area contributed by atoms with Gasteiger partial charge in [-0.2, -0.15) is 0 Å². The number of benzene rings is 2. The van der Waals surface area contributed by atoms with Crippen LogP contribution in [0.1, 0.15) is 62.5 Å². The number of halogens is 1. The van der Waals surface area contributed by atoms with E-state index in [1.807, 2.05) is 20.8 Å². The number of anilines is 2. The number of pyridine rings is 1. The first-order chi connectivity index (χ1) is 19.4. The molecular weight excluding hydrogens is 544 g/mol. The van der Waals surface area contributed by atoms with Crippen LogP contribution in [0.5, 0.6) is 5.75 Å². The van der Waals surface area contributed by atoms with Crippen LogP contribution in [-0.4, -0.2) is 48.8 Å². The highest BCUT2D eigenvalue weighted by Gasteiger charge is 2.26. The SMILES string of the molecule is CCC(=O)c1ccc(Cl)cc1-c1cc(=O)n(C(CCOC(C)(C)C)C(=O)Nc2ccc(N)c(C=NC)c2)cc1OC. The van der Waals surface area contributed by atoms with E-state index in [-0.39, 0.29) is 25.2 Å². The van der Waals surface area contributed by atoms with Crippen LogP contribution in [-0.2, 0) is 9.53 Å². The molecule has 9 nitrogen and oxygen atoms in total. The number of nitrogens with one attached hydrogen (secondary N) is 1.